The normalized spacial score (nSPS) is 10.0. The summed E-state index contributed by atoms with van der Waals surface area (Å²) in [5.41, 5.74) is 5.27. The molecule has 0 heterocycles. The van der Waals surface area contributed by atoms with Gasteiger partial charge in [-0.3, -0.25) is 14.9 Å². The van der Waals surface area contributed by atoms with Gasteiger partial charge in [-0.15, -0.1) is 0 Å². The van der Waals surface area contributed by atoms with Crippen LogP contribution in [0.2, 0.25) is 5.02 Å². The summed E-state index contributed by atoms with van der Waals surface area (Å²) in [7, 11) is 0. The Morgan fingerprint density at radius 3 is 2.76 bits per heavy atom. The summed E-state index contributed by atoms with van der Waals surface area (Å²) < 4.78 is 4.71. The topological polar surface area (TPSA) is 95.5 Å². The summed E-state index contributed by atoms with van der Waals surface area (Å²) >= 11 is 5.73. The first-order valence-electron chi connectivity index (χ1n) is 4.83. The third kappa shape index (κ3) is 3.32. The van der Waals surface area contributed by atoms with E-state index in [1.807, 2.05) is 0 Å². The Labute approximate surface area is 102 Å². The molecule has 1 rings (SSSR count). The molecule has 0 fully saturated rings. The third-order valence-electron chi connectivity index (χ3n) is 2.01. The molecule has 0 bridgehead atoms. The van der Waals surface area contributed by atoms with E-state index in [0.717, 1.165) is 0 Å². The summed E-state index contributed by atoms with van der Waals surface area (Å²) in [6.07, 6.45) is -0.227. The molecule has 0 saturated heterocycles. The maximum atomic E-state index is 11.3. The number of hydrogen-bond acceptors (Lipinski definition) is 5. The monoisotopic (exact) mass is 258 g/mol. The minimum Gasteiger partial charge on any atom is -0.466 e. The fourth-order valence-electron chi connectivity index (χ4n) is 1.40. The maximum absolute atomic E-state index is 11.3. The number of rotatable bonds is 4. The van der Waals surface area contributed by atoms with Gasteiger partial charge in [0.25, 0.3) is 5.69 Å². The van der Waals surface area contributed by atoms with Crippen LogP contribution in [0.4, 0.5) is 11.4 Å². The smallest absolute Gasteiger partial charge is 0.310 e. The molecule has 0 unspecified atom stereocenters. The molecule has 17 heavy (non-hydrogen) atoms. The van der Waals surface area contributed by atoms with Crippen molar-refractivity contribution in [3.63, 3.8) is 0 Å². The second-order valence-electron chi connectivity index (χ2n) is 3.24. The number of benzene rings is 1. The van der Waals surface area contributed by atoms with Gasteiger partial charge in [-0.2, -0.15) is 0 Å². The summed E-state index contributed by atoms with van der Waals surface area (Å²) in [6, 6.07) is 2.61. The molecule has 6 nitrogen and oxygen atoms in total. The van der Waals surface area contributed by atoms with Crippen molar-refractivity contribution in [2.75, 3.05) is 12.3 Å². The highest BCUT2D eigenvalue weighted by Gasteiger charge is 2.21. The molecule has 2 N–H and O–H groups in total. The van der Waals surface area contributed by atoms with Gasteiger partial charge in [0.05, 0.1) is 18.0 Å². The number of hydrogen-bond donors (Lipinski definition) is 1. The lowest BCUT2D eigenvalue weighted by molar-refractivity contribution is -0.384. The van der Waals surface area contributed by atoms with E-state index in [0.29, 0.717) is 0 Å². The van der Waals surface area contributed by atoms with Gasteiger partial charge in [0.1, 0.15) is 5.69 Å². The molecule has 0 aliphatic heterocycles. The zero-order valence-electron chi connectivity index (χ0n) is 9.10. The van der Waals surface area contributed by atoms with Crippen LogP contribution in [-0.4, -0.2) is 17.5 Å². The van der Waals surface area contributed by atoms with Crippen LogP contribution in [0.25, 0.3) is 0 Å². The molecule has 0 aliphatic rings. The summed E-state index contributed by atoms with van der Waals surface area (Å²) in [5.74, 6) is -0.558. The number of nitrogens with zero attached hydrogens (tertiary/aromatic N) is 1. The highest BCUT2D eigenvalue weighted by atomic mass is 35.5. The largest absolute Gasteiger partial charge is 0.466 e. The molecular formula is C10H11ClN2O4. The van der Waals surface area contributed by atoms with Crippen LogP contribution in [0.15, 0.2) is 12.1 Å². The fourth-order valence-corrected chi connectivity index (χ4v) is 1.65. The van der Waals surface area contributed by atoms with Crippen molar-refractivity contribution in [2.24, 2.45) is 0 Å². The second-order valence-corrected chi connectivity index (χ2v) is 3.68. The first-order chi connectivity index (χ1) is 7.95. The minimum atomic E-state index is -0.639. The van der Waals surface area contributed by atoms with E-state index in [4.69, 9.17) is 22.1 Å². The Hall–Kier alpha value is -1.82. The van der Waals surface area contributed by atoms with Crippen molar-refractivity contribution >= 4 is 28.9 Å². The molecule has 0 aliphatic carbocycles. The van der Waals surface area contributed by atoms with Crippen LogP contribution in [0.1, 0.15) is 12.5 Å². The summed E-state index contributed by atoms with van der Waals surface area (Å²) in [6.45, 7) is 1.86. The summed E-state index contributed by atoms with van der Waals surface area (Å²) in [5, 5.41) is 11.1. The SMILES string of the molecule is CCOC(=O)Cc1cc(Cl)cc(N)c1[N+](=O)[O-]. The van der Waals surface area contributed by atoms with Crippen LogP contribution >= 0.6 is 11.6 Å². The molecular weight excluding hydrogens is 248 g/mol. The number of esters is 1. The fraction of sp³-hybridized carbons (Fsp3) is 0.300. The number of nitrogen functional groups attached to an aromatic ring is 1. The first-order valence-corrected chi connectivity index (χ1v) is 5.21. The van der Waals surface area contributed by atoms with Gasteiger partial charge in [0.2, 0.25) is 0 Å². The van der Waals surface area contributed by atoms with Crippen LogP contribution in [0.3, 0.4) is 0 Å². The van der Waals surface area contributed by atoms with Crippen molar-refractivity contribution in [3.8, 4) is 0 Å². The van der Waals surface area contributed by atoms with E-state index in [9.17, 15) is 14.9 Å². The molecule has 0 amide bonds. The molecule has 92 valence electrons. The first kappa shape index (κ1) is 13.2. The van der Waals surface area contributed by atoms with E-state index in [1.54, 1.807) is 6.92 Å². The molecule has 0 saturated carbocycles. The molecule has 1 aromatic carbocycles. The van der Waals surface area contributed by atoms with E-state index in [1.165, 1.54) is 12.1 Å². The third-order valence-corrected chi connectivity index (χ3v) is 2.22. The van der Waals surface area contributed by atoms with Gasteiger partial charge in [0.15, 0.2) is 0 Å². The summed E-state index contributed by atoms with van der Waals surface area (Å²) in [4.78, 5) is 21.5. The molecule has 0 aromatic heterocycles. The lowest BCUT2D eigenvalue weighted by Crippen LogP contribution is -2.10. The average molecular weight is 259 g/mol. The molecule has 0 spiro atoms. The number of nitrogens with two attached hydrogens (primary N) is 1. The lowest BCUT2D eigenvalue weighted by atomic mass is 10.1. The maximum Gasteiger partial charge on any atom is 0.310 e. The Morgan fingerprint density at radius 1 is 1.59 bits per heavy atom. The second kappa shape index (κ2) is 5.49. The zero-order valence-corrected chi connectivity index (χ0v) is 9.86. The van der Waals surface area contributed by atoms with Crippen molar-refractivity contribution in [1.29, 1.82) is 0 Å². The Bertz CT molecular complexity index is 462. The molecule has 7 heteroatoms. The number of ether oxygens (including phenoxy) is 1. The van der Waals surface area contributed by atoms with Gasteiger partial charge < -0.3 is 10.5 Å². The molecule has 1 aromatic rings. The van der Waals surface area contributed by atoms with Gasteiger partial charge in [-0.25, -0.2) is 0 Å². The number of anilines is 1. The van der Waals surface area contributed by atoms with Gasteiger partial charge in [-0.05, 0) is 19.1 Å². The van der Waals surface area contributed by atoms with Crippen molar-refractivity contribution < 1.29 is 14.5 Å². The predicted molar refractivity (Wildman–Crippen MR) is 62.9 cm³/mol. The number of nitro benzene ring substituents is 1. The number of carbonyl (C=O) groups excluding carboxylic acids is 1. The Morgan fingerprint density at radius 2 is 2.24 bits per heavy atom. The lowest BCUT2D eigenvalue weighted by Gasteiger charge is -2.06. The predicted octanol–water partition coefficient (Wildman–Crippen LogP) is 1.94. The van der Waals surface area contributed by atoms with E-state index in [-0.39, 0.29) is 35.0 Å². The van der Waals surface area contributed by atoms with E-state index in [2.05, 4.69) is 0 Å². The highest BCUT2D eigenvalue weighted by Crippen LogP contribution is 2.30. The Kier molecular flexibility index (Phi) is 4.28. The number of halogens is 1. The van der Waals surface area contributed by atoms with Gasteiger partial charge in [0, 0.05) is 10.6 Å². The van der Waals surface area contributed by atoms with Crippen molar-refractivity contribution in [3.05, 3.63) is 32.8 Å². The van der Waals surface area contributed by atoms with Crippen molar-refractivity contribution in [2.45, 2.75) is 13.3 Å². The van der Waals surface area contributed by atoms with Gasteiger partial charge in [-0.1, -0.05) is 11.6 Å². The Balaban J connectivity index is 3.12. The van der Waals surface area contributed by atoms with Crippen LogP contribution in [0, 0.1) is 10.1 Å². The average Bonchev–Trinajstić information content (AvgIpc) is 2.15. The standard InChI is InChI=1S/C10H11ClN2O4/c1-2-17-9(14)4-6-3-7(11)5-8(12)10(6)13(15)16/h3,5H,2,4,12H2,1H3. The molecule has 0 radical (unpaired) electrons. The highest BCUT2D eigenvalue weighted by molar-refractivity contribution is 6.31. The molecule has 0 atom stereocenters. The number of carbonyl (C=O) groups is 1. The van der Waals surface area contributed by atoms with Crippen LogP contribution in [-0.2, 0) is 16.0 Å². The zero-order chi connectivity index (χ0) is 13.0. The van der Waals surface area contributed by atoms with Gasteiger partial charge >= 0.3 is 5.97 Å². The number of nitro groups is 1. The van der Waals surface area contributed by atoms with Crippen LogP contribution in [0.5, 0.6) is 0 Å². The quantitative estimate of drug-likeness (QED) is 0.385. The van der Waals surface area contributed by atoms with E-state index >= 15 is 0 Å². The van der Waals surface area contributed by atoms with Crippen molar-refractivity contribution in [1.82, 2.24) is 0 Å². The van der Waals surface area contributed by atoms with E-state index < -0.39 is 10.9 Å². The van der Waals surface area contributed by atoms with Crippen LogP contribution < -0.4 is 5.73 Å². The minimum absolute atomic E-state index is 0.0678.